The van der Waals surface area contributed by atoms with Gasteiger partial charge in [0.15, 0.2) is 0 Å². The van der Waals surface area contributed by atoms with Gasteiger partial charge in [0.25, 0.3) is 5.56 Å². The molecule has 7 nitrogen and oxygen atoms in total. The summed E-state index contributed by atoms with van der Waals surface area (Å²) < 4.78 is 12.0. The highest BCUT2D eigenvalue weighted by atomic mass is 16.5. The molecule has 1 aromatic carbocycles. The van der Waals surface area contributed by atoms with E-state index >= 15 is 0 Å². The minimum absolute atomic E-state index is 0.104. The van der Waals surface area contributed by atoms with Crippen LogP contribution < -0.4 is 16.2 Å². The van der Waals surface area contributed by atoms with E-state index in [1.54, 1.807) is 19.4 Å². The summed E-state index contributed by atoms with van der Waals surface area (Å²) in [5.74, 6) is 0.432. The first-order valence-electron chi connectivity index (χ1n) is 9.55. The quantitative estimate of drug-likeness (QED) is 0.732. The third kappa shape index (κ3) is 5.68. The van der Waals surface area contributed by atoms with Gasteiger partial charge >= 0.3 is 6.03 Å². The summed E-state index contributed by atoms with van der Waals surface area (Å²) in [5, 5.41) is 5.90. The highest BCUT2D eigenvalue weighted by Gasteiger charge is 2.23. The van der Waals surface area contributed by atoms with E-state index in [1.807, 2.05) is 30.3 Å². The van der Waals surface area contributed by atoms with E-state index < -0.39 is 0 Å². The lowest BCUT2D eigenvalue weighted by Crippen LogP contribution is -2.34. The zero-order chi connectivity index (χ0) is 19.8. The summed E-state index contributed by atoms with van der Waals surface area (Å²) in [5.41, 5.74) is 1.49. The number of benzene rings is 1. The first-order valence-corrected chi connectivity index (χ1v) is 9.55. The standard InChI is InChI=1S/C21H27N3O4/c1-27-12-10-24-14-18(7-8-20(24)25)22-21(26)23-19(13-16-9-11-28-15-16)17-5-3-2-4-6-17/h2-8,14,16,19H,9-13,15H2,1H3,(H2,22,23,26). The number of rotatable bonds is 8. The Bertz CT molecular complexity index is 816. The Morgan fingerprint density at radius 3 is 2.82 bits per heavy atom. The number of pyridine rings is 1. The molecular weight excluding hydrogens is 358 g/mol. The molecule has 0 saturated carbocycles. The maximum absolute atomic E-state index is 12.6. The molecule has 0 bridgehead atoms. The van der Waals surface area contributed by atoms with Crippen LogP contribution in [-0.2, 0) is 16.0 Å². The number of hydrogen-bond acceptors (Lipinski definition) is 4. The fraction of sp³-hybridized carbons (Fsp3) is 0.429. The van der Waals surface area contributed by atoms with Crippen LogP contribution in [0.15, 0.2) is 53.5 Å². The van der Waals surface area contributed by atoms with Gasteiger partial charge in [-0.2, -0.15) is 0 Å². The minimum atomic E-state index is -0.301. The second kappa shape index (κ2) is 10.1. The number of urea groups is 1. The number of carbonyl (C=O) groups is 1. The number of amides is 2. The van der Waals surface area contributed by atoms with Crippen LogP contribution >= 0.6 is 0 Å². The molecule has 28 heavy (non-hydrogen) atoms. The number of hydrogen-bond donors (Lipinski definition) is 2. The Kier molecular flexibility index (Phi) is 7.22. The van der Waals surface area contributed by atoms with Crippen molar-refractivity contribution >= 4 is 11.7 Å². The highest BCUT2D eigenvalue weighted by Crippen LogP contribution is 2.26. The number of nitrogens with one attached hydrogen (secondary N) is 2. The van der Waals surface area contributed by atoms with E-state index in [0.29, 0.717) is 24.8 Å². The minimum Gasteiger partial charge on any atom is -0.383 e. The van der Waals surface area contributed by atoms with E-state index in [2.05, 4.69) is 10.6 Å². The molecule has 1 aliphatic rings. The summed E-state index contributed by atoms with van der Waals surface area (Å²) in [6.07, 6.45) is 3.46. The molecule has 1 aliphatic heterocycles. The van der Waals surface area contributed by atoms with Gasteiger partial charge < -0.3 is 24.7 Å². The van der Waals surface area contributed by atoms with Gasteiger partial charge in [0.05, 0.1) is 18.3 Å². The molecule has 7 heteroatoms. The van der Waals surface area contributed by atoms with Gasteiger partial charge in [-0.25, -0.2) is 4.79 Å². The highest BCUT2D eigenvalue weighted by molar-refractivity contribution is 5.89. The molecule has 2 unspecified atom stereocenters. The maximum atomic E-state index is 12.6. The molecule has 1 saturated heterocycles. The molecule has 1 fully saturated rings. The number of anilines is 1. The van der Waals surface area contributed by atoms with E-state index in [9.17, 15) is 9.59 Å². The van der Waals surface area contributed by atoms with Crippen LogP contribution in [-0.4, -0.2) is 37.5 Å². The zero-order valence-electron chi connectivity index (χ0n) is 16.1. The average Bonchev–Trinajstić information content (AvgIpc) is 3.21. The molecule has 0 radical (unpaired) electrons. The van der Waals surface area contributed by atoms with Gasteiger partial charge in [0, 0.05) is 39.1 Å². The van der Waals surface area contributed by atoms with Crippen molar-refractivity contribution in [3.05, 3.63) is 64.6 Å². The molecule has 2 N–H and O–H groups in total. The second-order valence-corrected chi connectivity index (χ2v) is 6.97. The lowest BCUT2D eigenvalue weighted by molar-refractivity contribution is 0.181. The Labute approximate surface area is 164 Å². The third-order valence-electron chi connectivity index (χ3n) is 4.88. The van der Waals surface area contributed by atoms with Crippen molar-refractivity contribution in [3.63, 3.8) is 0 Å². The van der Waals surface area contributed by atoms with Crippen molar-refractivity contribution in [3.8, 4) is 0 Å². The van der Waals surface area contributed by atoms with Crippen molar-refractivity contribution in [1.29, 1.82) is 0 Å². The van der Waals surface area contributed by atoms with Crippen molar-refractivity contribution in [2.75, 3.05) is 32.2 Å². The van der Waals surface area contributed by atoms with Crippen molar-refractivity contribution in [2.24, 2.45) is 5.92 Å². The first kappa shape index (κ1) is 20.1. The molecule has 0 spiro atoms. The number of carbonyl (C=O) groups excluding carboxylic acids is 1. The van der Waals surface area contributed by atoms with Crippen LogP contribution in [0.5, 0.6) is 0 Å². The summed E-state index contributed by atoms with van der Waals surface area (Å²) in [6, 6.07) is 12.6. The van der Waals surface area contributed by atoms with Crippen molar-refractivity contribution < 1.29 is 14.3 Å². The molecule has 1 aromatic heterocycles. The molecular formula is C21H27N3O4. The van der Waals surface area contributed by atoms with E-state index in [-0.39, 0.29) is 17.6 Å². The average molecular weight is 385 g/mol. The zero-order valence-corrected chi connectivity index (χ0v) is 16.1. The predicted octanol–water partition coefficient (Wildman–Crippen LogP) is 2.78. The molecule has 2 atom stereocenters. The van der Waals surface area contributed by atoms with Crippen molar-refractivity contribution in [1.82, 2.24) is 9.88 Å². The number of nitrogens with zero attached hydrogens (tertiary/aromatic N) is 1. The van der Waals surface area contributed by atoms with Crippen LogP contribution in [0.4, 0.5) is 10.5 Å². The Balaban J connectivity index is 1.67. The van der Waals surface area contributed by atoms with Crippen molar-refractivity contribution in [2.45, 2.75) is 25.4 Å². The lowest BCUT2D eigenvalue weighted by Gasteiger charge is -2.22. The van der Waals surface area contributed by atoms with Gasteiger partial charge in [-0.1, -0.05) is 30.3 Å². The van der Waals surface area contributed by atoms with Crippen LogP contribution in [0, 0.1) is 5.92 Å². The number of aromatic nitrogens is 1. The predicted molar refractivity (Wildman–Crippen MR) is 107 cm³/mol. The first-order chi connectivity index (χ1) is 13.7. The van der Waals surface area contributed by atoms with Gasteiger partial charge in [-0.05, 0) is 30.4 Å². The van der Waals surface area contributed by atoms with E-state index in [4.69, 9.17) is 9.47 Å². The SMILES string of the molecule is COCCn1cc(NC(=O)NC(CC2CCOC2)c2ccccc2)ccc1=O. The molecule has 150 valence electrons. The molecule has 2 aromatic rings. The fourth-order valence-corrected chi connectivity index (χ4v) is 3.36. The van der Waals surface area contributed by atoms with E-state index in [0.717, 1.165) is 31.6 Å². The molecule has 3 rings (SSSR count). The van der Waals surface area contributed by atoms with Crippen LogP contribution in [0.2, 0.25) is 0 Å². The molecule has 2 amide bonds. The Hall–Kier alpha value is -2.64. The number of ether oxygens (including phenoxy) is 2. The Morgan fingerprint density at radius 2 is 2.11 bits per heavy atom. The topological polar surface area (TPSA) is 81.6 Å². The summed E-state index contributed by atoms with van der Waals surface area (Å²) in [4.78, 5) is 24.5. The third-order valence-corrected chi connectivity index (χ3v) is 4.88. The van der Waals surface area contributed by atoms with Gasteiger partial charge in [-0.3, -0.25) is 4.79 Å². The molecule has 0 aliphatic carbocycles. The van der Waals surface area contributed by atoms with Crippen LogP contribution in [0.25, 0.3) is 0 Å². The normalized spacial score (nSPS) is 17.2. The summed E-state index contributed by atoms with van der Waals surface area (Å²) in [7, 11) is 1.58. The summed E-state index contributed by atoms with van der Waals surface area (Å²) in [6.45, 7) is 2.37. The summed E-state index contributed by atoms with van der Waals surface area (Å²) >= 11 is 0. The second-order valence-electron chi connectivity index (χ2n) is 6.97. The smallest absolute Gasteiger partial charge is 0.319 e. The van der Waals surface area contributed by atoms with Gasteiger partial charge in [0.2, 0.25) is 0 Å². The largest absolute Gasteiger partial charge is 0.383 e. The van der Waals surface area contributed by atoms with Crippen LogP contribution in [0.1, 0.15) is 24.4 Å². The van der Waals surface area contributed by atoms with Gasteiger partial charge in [0.1, 0.15) is 0 Å². The number of methoxy groups -OCH3 is 1. The fourth-order valence-electron chi connectivity index (χ4n) is 3.36. The molecule has 2 heterocycles. The Morgan fingerprint density at radius 1 is 1.29 bits per heavy atom. The van der Waals surface area contributed by atoms with E-state index in [1.165, 1.54) is 10.6 Å². The maximum Gasteiger partial charge on any atom is 0.319 e. The van der Waals surface area contributed by atoms with Crippen LogP contribution in [0.3, 0.4) is 0 Å². The lowest BCUT2D eigenvalue weighted by atomic mass is 9.94. The monoisotopic (exact) mass is 385 g/mol. The van der Waals surface area contributed by atoms with Gasteiger partial charge in [-0.15, -0.1) is 0 Å².